The van der Waals surface area contributed by atoms with Gasteiger partial charge in [-0.25, -0.2) is 8.42 Å². The molecule has 1 fully saturated rings. The van der Waals surface area contributed by atoms with Gasteiger partial charge in [0.05, 0.1) is 5.75 Å². The van der Waals surface area contributed by atoms with Crippen LogP contribution in [0.15, 0.2) is 24.3 Å². The molecular formula is C14H21N3O3S. The molecule has 0 radical (unpaired) electrons. The molecule has 1 aromatic carbocycles. The lowest BCUT2D eigenvalue weighted by atomic mass is 10.0. The molecule has 6 nitrogen and oxygen atoms in total. The van der Waals surface area contributed by atoms with Gasteiger partial charge in [0.1, 0.15) is 5.54 Å². The third-order valence-corrected chi connectivity index (χ3v) is 5.78. The second-order valence-electron chi connectivity index (χ2n) is 5.86. The van der Waals surface area contributed by atoms with Crippen LogP contribution in [0.3, 0.4) is 0 Å². The SMILES string of the molecule is CN1CCN(S(=O)(=O)Cc2cccc(N)c2)C(C)(C)C1=O. The summed E-state index contributed by atoms with van der Waals surface area (Å²) in [5.74, 6) is -0.344. The summed E-state index contributed by atoms with van der Waals surface area (Å²) in [5, 5.41) is 0. The summed E-state index contributed by atoms with van der Waals surface area (Å²) in [6.07, 6.45) is 0. The number of sulfonamides is 1. The maximum atomic E-state index is 12.6. The third kappa shape index (κ3) is 3.03. The van der Waals surface area contributed by atoms with E-state index in [0.29, 0.717) is 24.3 Å². The summed E-state index contributed by atoms with van der Waals surface area (Å²) < 4.78 is 26.6. The average Bonchev–Trinajstić information content (AvgIpc) is 2.35. The van der Waals surface area contributed by atoms with Gasteiger partial charge in [0, 0.05) is 25.8 Å². The van der Waals surface area contributed by atoms with Crippen LogP contribution in [0.5, 0.6) is 0 Å². The molecule has 7 heteroatoms. The smallest absolute Gasteiger partial charge is 0.243 e. The van der Waals surface area contributed by atoms with Crippen molar-refractivity contribution in [3.8, 4) is 0 Å². The van der Waals surface area contributed by atoms with Crippen molar-refractivity contribution in [3.05, 3.63) is 29.8 Å². The Bertz CT molecular complexity index is 655. The Labute approximate surface area is 125 Å². The number of anilines is 1. The second-order valence-corrected chi connectivity index (χ2v) is 7.75. The van der Waals surface area contributed by atoms with Crippen LogP contribution in [0.2, 0.25) is 0 Å². The summed E-state index contributed by atoms with van der Waals surface area (Å²) in [4.78, 5) is 13.8. The molecule has 0 unspecified atom stereocenters. The number of nitrogens with two attached hydrogens (primary N) is 1. The van der Waals surface area contributed by atoms with E-state index in [4.69, 9.17) is 5.73 Å². The van der Waals surface area contributed by atoms with Crippen LogP contribution in [-0.4, -0.2) is 49.2 Å². The predicted octanol–water partition coefficient (Wildman–Crippen LogP) is 0.651. The lowest BCUT2D eigenvalue weighted by Gasteiger charge is -2.43. The molecular weight excluding hydrogens is 290 g/mol. The first-order valence-electron chi connectivity index (χ1n) is 6.75. The quantitative estimate of drug-likeness (QED) is 0.831. The van der Waals surface area contributed by atoms with Crippen LogP contribution in [-0.2, 0) is 20.6 Å². The van der Waals surface area contributed by atoms with E-state index >= 15 is 0 Å². The van der Waals surface area contributed by atoms with E-state index < -0.39 is 15.6 Å². The van der Waals surface area contributed by atoms with Gasteiger partial charge in [0.25, 0.3) is 0 Å². The van der Waals surface area contributed by atoms with E-state index in [0.717, 1.165) is 0 Å². The molecule has 1 amide bonds. The van der Waals surface area contributed by atoms with E-state index in [2.05, 4.69) is 0 Å². The van der Waals surface area contributed by atoms with Crippen molar-refractivity contribution in [2.45, 2.75) is 25.1 Å². The van der Waals surface area contributed by atoms with E-state index in [1.54, 1.807) is 50.1 Å². The van der Waals surface area contributed by atoms with Crippen molar-refractivity contribution in [3.63, 3.8) is 0 Å². The predicted molar refractivity (Wildman–Crippen MR) is 81.9 cm³/mol. The minimum absolute atomic E-state index is 0.154. The van der Waals surface area contributed by atoms with Crippen LogP contribution in [0.4, 0.5) is 5.69 Å². The van der Waals surface area contributed by atoms with Gasteiger partial charge in [0.15, 0.2) is 0 Å². The third-order valence-electron chi connectivity index (χ3n) is 3.77. The monoisotopic (exact) mass is 311 g/mol. The zero-order valence-corrected chi connectivity index (χ0v) is 13.4. The molecule has 0 spiro atoms. The zero-order chi connectivity index (χ0) is 15.8. The van der Waals surface area contributed by atoms with Crippen molar-refractivity contribution in [1.29, 1.82) is 0 Å². The first-order chi connectivity index (χ1) is 9.64. The van der Waals surface area contributed by atoms with Gasteiger partial charge in [-0.3, -0.25) is 4.79 Å². The number of likely N-dealkylation sites (N-methyl/N-ethyl adjacent to an activating group) is 1. The lowest BCUT2D eigenvalue weighted by molar-refractivity contribution is -0.142. The summed E-state index contributed by atoms with van der Waals surface area (Å²) in [6.45, 7) is 3.99. The molecule has 0 saturated carbocycles. The molecule has 2 rings (SSSR count). The largest absolute Gasteiger partial charge is 0.399 e. The fourth-order valence-corrected chi connectivity index (χ4v) is 4.54. The molecule has 116 valence electrons. The first-order valence-corrected chi connectivity index (χ1v) is 8.36. The Balaban J connectivity index is 2.29. The number of hydrogen-bond acceptors (Lipinski definition) is 4. The minimum Gasteiger partial charge on any atom is -0.399 e. The number of rotatable bonds is 3. The van der Waals surface area contributed by atoms with E-state index in [9.17, 15) is 13.2 Å². The summed E-state index contributed by atoms with van der Waals surface area (Å²) >= 11 is 0. The van der Waals surface area contributed by atoms with Crippen LogP contribution in [0, 0.1) is 0 Å². The molecule has 2 N–H and O–H groups in total. The van der Waals surface area contributed by atoms with Gasteiger partial charge in [-0.2, -0.15) is 4.31 Å². The average molecular weight is 311 g/mol. The molecule has 0 aliphatic carbocycles. The number of nitrogens with zero attached hydrogens (tertiary/aromatic N) is 2. The summed E-state index contributed by atoms with van der Waals surface area (Å²) in [6, 6.07) is 6.79. The summed E-state index contributed by atoms with van der Waals surface area (Å²) in [5.41, 5.74) is 5.76. The Hall–Kier alpha value is -1.60. The lowest BCUT2D eigenvalue weighted by Crippen LogP contribution is -2.63. The van der Waals surface area contributed by atoms with Gasteiger partial charge >= 0.3 is 0 Å². The highest BCUT2D eigenvalue weighted by Crippen LogP contribution is 2.27. The fourth-order valence-electron chi connectivity index (χ4n) is 2.65. The van der Waals surface area contributed by atoms with Gasteiger partial charge in [-0.1, -0.05) is 12.1 Å². The van der Waals surface area contributed by atoms with Crippen LogP contribution < -0.4 is 5.73 Å². The zero-order valence-electron chi connectivity index (χ0n) is 12.5. The molecule has 1 aromatic rings. The van der Waals surface area contributed by atoms with E-state index in [1.807, 2.05) is 0 Å². The Kier molecular flexibility index (Phi) is 3.99. The highest BCUT2D eigenvalue weighted by molar-refractivity contribution is 7.88. The Morgan fingerprint density at radius 1 is 1.29 bits per heavy atom. The van der Waals surface area contributed by atoms with Crippen molar-refractivity contribution >= 4 is 21.6 Å². The van der Waals surface area contributed by atoms with Crippen molar-refractivity contribution < 1.29 is 13.2 Å². The van der Waals surface area contributed by atoms with Crippen molar-refractivity contribution in [1.82, 2.24) is 9.21 Å². The van der Waals surface area contributed by atoms with Gasteiger partial charge in [-0.05, 0) is 31.5 Å². The molecule has 1 saturated heterocycles. The number of amides is 1. The fraction of sp³-hybridized carbons (Fsp3) is 0.500. The van der Waals surface area contributed by atoms with Crippen LogP contribution in [0.25, 0.3) is 0 Å². The molecule has 0 atom stereocenters. The Morgan fingerprint density at radius 2 is 1.95 bits per heavy atom. The van der Waals surface area contributed by atoms with E-state index in [-0.39, 0.29) is 11.7 Å². The number of carbonyl (C=O) groups is 1. The minimum atomic E-state index is -3.59. The molecule has 0 aromatic heterocycles. The van der Waals surface area contributed by atoms with Gasteiger partial charge in [0.2, 0.25) is 15.9 Å². The number of piperazine rings is 1. The van der Waals surface area contributed by atoms with Crippen molar-refractivity contribution in [2.24, 2.45) is 0 Å². The second kappa shape index (κ2) is 5.31. The number of benzene rings is 1. The maximum Gasteiger partial charge on any atom is 0.243 e. The normalized spacial score (nSPS) is 19.8. The first kappa shape index (κ1) is 15.8. The standard InChI is InChI=1S/C14H21N3O3S/c1-14(2)13(18)16(3)7-8-17(14)21(19,20)10-11-5-4-6-12(15)9-11/h4-6,9H,7-8,10,15H2,1-3H3. The molecule has 21 heavy (non-hydrogen) atoms. The van der Waals surface area contributed by atoms with Crippen molar-refractivity contribution in [2.75, 3.05) is 25.9 Å². The molecule has 1 aliphatic heterocycles. The van der Waals surface area contributed by atoms with Gasteiger partial charge < -0.3 is 10.6 Å². The van der Waals surface area contributed by atoms with Crippen LogP contribution in [0.1, 0.15) is 19.4 Å². The number of nitrogen functional groups attached to an aromatic ring is 1. The maximum absolute atomic E-state index is 12.6. The van der Waals surface area contributed by atoms with E-state index in [1.165, 1.54) is 4.31 Å². The number of hydrogen-bond donors (Lipinski definition) is 1. The molecule has 1 aliphatic rings. The van der Waals surface area contributed by atoms with Crippen LogP contribution >= 0.6 is 0 Å². The summed E-state index contributed by atoms with van der Waals surface area (Å²) in [7, 11) is -1.90. The molecule has 0 bridgehead atoms. The van der Waals surface area contributed by atoms with Gasteiger partial charge in [-0.15, -0.1) is 0 Å². The molecule has 1 heterocycles. The Morgan fingerprint density at radius 3 is 2.57 bits per heavy atom. The topological polar surface area (TPSA) is 83.7 Å². The number of carbonyl (C=O) groups excluding carboxylic acids is 1. The highest BCUT2D eigenvalue weighted by Gasteiger charge is 2.46. The highest BCUT2D eigenvalue weighted by atomic mass is 32.2.